The molecule has 2 nitrogen and oxygen atoms in total. The Morgan fingerprint density at radius 2 is 1.61 bits per heavy atom. The van der Waals surface area contributed by atoms with Crippen LogP contribution in [-0.2, 0) is 6.54 Å². The predicted octanol–water partition coefficient (Wildman–Crippen LogP) is 5.00. The average molecular weight is 316 g/mol. The van der Waals surface area contributed by atoms with Gasteiger partial charge in [-0.1, -0.05) is 60.7 Å². The Labute approximate surface area is 140 Å². The van der Waals surface area contributed by atoms with Gasteiger partial charge in [-0.15, -0.1) is 0 Å². The third-order valence-electron chi connectivity index (χ3n) is 4.23. The molecule has 0 unspecified atom stereocenters. The van der Waals surface area contributed by atoms with Crippen molar-refractivity contribution in [2.45, 2.75) is 13.0 Å². The number of aromatic nitrogens is 2. The lowest BCUT2D eigenvalue weighted by atomic mass is 10.1. The fourth-order valence-electron chi connectivity index (χ4n) is 3.12. The topological polar surface area (TPSA) is 17.8 Å². The Morgan fingerprint density at radius 3 is 2.48 bits per heavy atom. The molecule has 0 aliphatic rings. The number of fused-ring (bicyclic) bond motifs is 3. The summed E-state index contributed by atoms with van der Waals surface area (Å²) in [6.07, 6.45) is 4.65. The fourth-order valence-corrected chi connectivity index (χ4v) is 3.35. The van der Waals surface area contributed by atoms with Crippen molar-refractivity contribution < 1.29 is 0 Å². The second-order valence-corrected chi connectivity index (χ2v) is 6.09. The van der Waals surface area contributed by atoms with Gasteiger partial charge in [-0.3, -0.25) is 4.98 Å². The van der Waals surface area contributed by atoms with E-state index in [1.165, 1.54) is 21.8 Å². The molecule has 2 aromatic carbocycles. The maximum atomic E-state index is 5.61. The molecule has 0 N–H and O–H groups in total. The van der Waals surface area contributed by atoms with Crippen LogP contribution in [0.3, 0.4) is 0 Å². The van der Waals surface area contributed by atoms with Gasteiger partial charge in [0.05, 0.1) is 11.7 Å². The smallest absolute Gasteiger partial charge is 0.0677 e. The van der Waals surface area contributed by atoms with E-state index in [1.807, 2.05) is 30.6 Å². The van der Waals surface area contributed by atoms with Gasteiger partial charge in [0.25, 0.3) is 0 Å². The number of aryl methyl sites for hydroxylation is 1. The third kappa shape index (κ3) is 2.53. The van der Waals surface area contributed by atoms with E-state index in [1.54, 1.807) is 0 Å². The minimum atomic E-state index is 0.849. The highest BCUT2D eigenvalue weighted by atomic mass is 32.1. The first kappa shape index (κ1) is 14.1. The molecule has 0 atom stereocenters. The fraction of sp³-hybridized carbons (Fsp3) is 0.100. The average Bonchev–Trinajstić information content (AvgIpc) is 2.94. The quantitative estimate of drug-likeness (QED) is 0.389. The minimum Gasteiger partial charge on any atom is -0.339 e. The normalized spacial score (nSPS) is 11.1. The number of pyridine rings is 1. The van der Waals surface area contributed by atoms with Crippen LogP contribution in [0.4, 0.5) is 0 Å². The van der Waals surface area contributed by atoms with Crippen molar-refractivity contribution in [1.29, 1.82) is 0 Å². The van der Waals surface area contributed by atoms with E-state index < -0.39 is 0 Å². The molecule has 0 saturated carbocycles. The van der Waals surface area contributed by atoms with Crippen LogP contribution in [-0.4, -0.2) is 14.4 Å². The minimum absolute atomic E-state index is 0.849. The molecule has 4 aromatic rings. The molecule has 2 heterocycles. The summed E-state index contributed by atoms with van der Waals surface area (Å²) in [6, 6.07) is 20.8. The van der Waals surface area contributed by atoms with Crippen LogP contribution in [0.5, 0.6) is 0 Å². The molecule has 0 aliphatic heterocycles. The van der Waals surface area contributed by atoms with E-state index in [0.717, 1.165) is 23.4 Å². The first-order chi connectivity index (χ1) is 11.3. The zero-order valence-electron chi connectivity index (χ0n) is 12.6. The molecular weight excluding hydrogens is 300 g/mol. The van der Waals surface area contributed by atoms with Crippen LogP contribution in [0.25, 0.3) is 21.8 Å². The molecule has 0 fully saturated rings. The Bertz CT molecular complexity index is 933. The summed E-state index contributed by atoms with van der Waals surface area (Å²) < 4.78 is 2.33. The first-order valence-corrected chi connectivity index (χ1v) is 8.14. The highest BCUT2D eigenvalue weighted by molar-refractivity contribution is 7.80. The van der Waals surface area contributed by atoms with E-state index in [4.69, 9.17) is 12.2 Å². The highest BCUT2D eigenvalue weighted by Crippen LogP contribution is 2.28. The van der Waals surface area contributed by atoms with Crippen LogP contribution in [0.2, 0.25) is 0 Å². The van der Waals surface area contributed by atoms with Crippen LogP contribution >= 0.6 is 12.2 Å². The zero-order chi connectivity index (χ0) is 15.6. The van der Waals surface area contributed by atoms with E-state index >= 15 is 0 Å². The molecule has 4 rings (SSSR count). The van der Waals surface area contributed by atoms with Gasteiger partial charge in [0.15, 0.2) is 0 Å². The van der Waals surface area contributed by atoms with Crippen LogP contribution in [0.15, 0.2) is 73.1 Å². The summed E-state index contributed by atoms with van der Waals surface area (Å²) in [7, 11) is 0. The van der Waals surface area contributed by atoms with Gasteiger partial charge in [0.1, 0.15) is 0 Å². The van der Waals surface area contributed by atoms with E-state index in [0.29, 0.717) is 0 Å². The van der Waals surface area contributed by atoms with Crippen molar-refractivity contribution in [2.75, 3.05) is 0 Å². The van der Waals surface area contributed by atoms with Crippen LogP contribution in [0, 0.1) is 0 Å². The second kappa shape index (κ2) is 5.94. The number of rotatable bonds is 4. The SMILES string of the molecule is S=C(CCn1c2ccccc2c2ccncc21)c1ccccc1. The predicted molar refractivity (Wildman–Crippen MR) is 100.0 cm³/mol. The largest absolute Gasteiger partial charge is 0.339 e. The Morgan fingerprint density at radius 1 is 0.870 bits per heavy atom. The van der Waals surface area contributed by atoms with Crippen molar-refractivity contribution in [3.8, 4) is 0 Å². The molecule has 3 heteroatoms. The summed E-state index contributed by atoms with van der Waals surface area (Å²) in [4.78, 5) is 5.30. The Hall–Kier alpha value is -2.52. The van der Waals surface area contributed by atoms with Crippen molar-refractivity contribution in [3.05, 3.63) is 78.6 Å². The highest BCUT2D eigenvalue weighted by Gasteiger charge is 2.10. The lowest BCUT2D eigenvalue weighted by molar-refractivity contribution is 0.784. The Balaban J connectivity index is 1.72. The standard InChI is InChI=1S/C20H16N2S/c23-20(15-6-2-1-3-7-15)11-13-22-18-9-5-4-8-16(18)17-10-12-21-14-19(17)22/h1-10,12,14H,11,13H2. The number of thiocarbonyl (C=S) groups is 1. The second-order valence-electron chi connectivity index (χ2n) is 5.60. The number of benzene rings is 2. The monoisotopic (exact) mass is 316 g/mol. The van der Waals surface area contributed by atoms with Gasteiger partial charge in [0.2, 0.25) is 0 Å². The molecule has 0 amide bonds. The van der Waals surface area contributed by atoms with Gasteiger partial charge >= 0.3 is 0 Å². The van der Waals surface area contributed by atoms with E-state index in [-0.39, 0.29) is 0 Å². The number of nitrogens with zero attached hydrogens (tertiary/aromatic N) is 2. The third-order valence-corrected chi connectivity index (χ3v) is 4.67. The number of hydrogen-bond acceptors (Lipinski definition) is 2. The first-order valence-electron chi connectivity index (χ1n) is 7.74. The number of para-hydroxylation sites is 1. The maximum Gasteiger partial charge on any atom is 0.0677 e. The Kier molecular flexibility index (Phi) is 3.64. The van der Waals surface area contributed by atoms with Crippen LogP contribution < -0.4 is 0 Å². The van der Waals surface area contributed by atoms with Crippen molar-refractivity contribution >= 4 is 38.9 Å². The molecule has 112 valence electrons. The maximum absolute atomic E-state index is 5.61. The van der Waals surface area contributed by atoms with Gasteiger partial charge < -0.3 is 4.57 Å². The molecule has 0 bridgehead atoms. The van der Waals surface area contributed by atoms with E-state index in [2.05, 4.69) is 52.0 Å². The summed E-state index contributed by atoms with van der Waals surface area (Å²) in [5.74, 6) is 0. The summed E-state index contributed by atoms with van der Waals surface area (Å²) >= 11 is 5.61. The lowest BCUT2D eigenvalue weighted by Gasteiger charge is -2.08. The summed E-state index contributed by atoms with van der Waals surface area (Å²) in [5.41, 5.74) is 3.55. The van der Waals surface area contributed by atoms with Gasteiger partial charge in [-0.05, 0) is 17.7 Å². The summed E-state index contributed by atoms with van der Waals surface area (Å²) in [5, 5.41) is 2.52. The molecular formula is C20H16N2S. The molecule has 0 spiro atoms. The summed E-state index contributed by atoms with van der Waals surface area (Å²) in [6.45, 7) is 0.865. The van der Waals surface area contributed by atoms with E-state index in [9.17, 15) is 0 Å². The van der Waals surface area contributed by atoms with Gasteiger partial charge in [-0.2, -0.15) is 0 Å². The molecule has 0 radical (unpaired) electrons. The molecule has 0 aliphatic carbocycles. The zero-order valence-corrected chi connectivity index (χ0v) is 13.5. The number of hydrogen-bond donors (Lipinski definition) is 0. The van der Waals surface area contributed by atoms with Crippen molar-refractivity contribution in [1.82, 2.24) is 9.55 Å². The molecule has 23 heavy (non-hydrogen) atoms. The molecule has 0 saturated heterocycles. The van der Waals surface area contributed by atoms with Gasteiger partial charge in [0, 0.05) is 40.3 Å². The lowest BCUT2D eigenvalue weighted by Crippen LogP contribution is -2.05. The van der Waals surface area contributed by atoms with Crippen molar-refractivity contribution in [3.63, 3.8) is 0 Å². The molecule has 2 aromatic heterocycles. The van der Waals surface area contributed by atoms with Crippen LogP contribution in [0.1, 0.15) is 12.0 Å². The van der Waals surface area contributed by atoms with Crippen molar-refractivity contribution in [2.24, 2.45) is 0 Å². The van der Waals surface area contributed by atoms with Gasteiger partial charge in [-0.25, -0.2) is 0 Å².